The van der Waals surface area contributed by atoms with Crippen LogP contribution in [-0.4, -0.2) is 42.4 Å². The number of benzene rings is 4. The number of aryl methyl sites for hydroxylation is 1. The molecule has 0 radical (unpaired) electrons. The van der Waals surface area contributed by atoms with E-state index in [1.165, 1.54) is 23.3 Å². The SMILES string of the molecule is O=C(NC[C@H](NC(=O)c1c(Cl)cc(C(=O)NCc2cccc(Cl)c2)cc1Cl)C(=O)OCc1ccccc1)N[C@@H]1CCc2ccccc2C1. The summed E-state index contributed by atoms with van der Waals surface area (Å²) in [7, 11) is 0. The topological polar surface area (TPSA) is 126 Å². The molecule has 0 saturated carbocycles. The van der Waals surface area contributed by atoms with Crippen LogP contribution in [0.4, 0.5) is 4.79 Å². The second-order valence-corrected chi connectivity index (χ2v) is 12.6. The van der Waals surface area contributed by atoms with Crippen molar-refractivity contribution >= 4 is 58.6 Å². The van der Waals surface area contributed by atoms with Crippen LogP contribution in [0.5, 0.6) is 0 Å². The first-order valence-corrected chi connectivity index (χ1v) is 16.4. The second kappa shape index (κ2) is 16.5. The van der Waals surface area contributed by atoms with E-state index in [2.05, 4.69) is 27.3 Å². The lowest BCUT2D eigenvalue weighted by molar-refractivity contribution is -0.147. The summed E-state index contributed by atoms with van der Waals surface area (Å²) in [5.74, 6) is -2.03. The van der Waals surface area contributed by atoms with E-state index in [4.69, 9.17) is 39.5 Å². The van der Waals surface area contributed by atoms with E-state index in [0.29, 0.717) is 11.4 Å². The zero-order valence-corrected chi connectivity index (χ0v) is 28.0. The van der Waals surface area contributed by atoms with E-state index >= 15 is 0 Å². The molecule has 48 heavy (non-hydrogen) atoms. The minimum Gasteiger partial charge on any atom is -0.459 e. The van der Waals surface area contributed by atoms with Crippen LogP contribution in [0.2, 0.25) is 15.1 Å². The highest BCUT2D eigenvalue weighted by Crippen LogP contribution is 2.27. The molecule has 1 aliphatic carbocycles. The first-order valence-electron chi connectivity index (χ1n) is 15.3. The lowest BCUT2D eigenvalue weighted by Crippen LogP contribution is -2.52. The van der Waals surface area contributed by atoms with Gasteiger partial charge in [-0.1, -0.05) is 102 Å². The first kappa shape index (κ1) is 34.8. The van der Waals surface area contributed by atoms with Crippen LogP contribution in [-0.2, 0) is 35.5 Å². The van der Waals surface area contributed by atoms with E-state index in [1.54, 1.807) is 30.3 Å². The summed E-state index contributed by atoms with van der Waals surface area (Å²) in [5, 5.41) is 11.3. The number of ether oxygens (including phenoxy) is 1. The number of nitrogens with one attached hydrogen (secondary N) is 4. The van der Waals surface area contributed by atoms with Crippen LogP contribution in [0.1, 0.15) is 49.4 Å². The zero-order valence-electron chi connectivity index (χ0n) is 25.7. The molecule has 9 nitrogen and oxygen atoms in total. The molecule has 248 valence electrons. The highest BCUT2D eigenvalue weighted by atomic mass is 35.5. The van der Waals surface area contributed by atoms with Crippen molar-refractivity contribution in [2.45, 2.75) is 44.5 Å². The number of fused-ring (bicyclic) bond motifs is 1. The third kappa shape index (κ3) is 9.50. The number of esters is 1. The predicted molar refractivity (Wildman–Crippen MR) is 185 cm³/mol. The minimum absolute atomic E-state index is 0.0414. The maximum Gasteiger partial charge on any atom is 0.330 e. The van der Waals surface area contributed by atoms with Gasteiger partial charge in [0, 0.05) is 23.2 Å². The number of rotatable bonds is 11. The molecule has 0 spiro atoms. The van der Waals surface area contributed by atoms with Gasteiger partial charge in [-0.25, -0.2) is 9.59 Å². The molecule has 0 unspecified atom stereocenters. The molecule has 0 bridgehead atoms. The van der Waals surface area contributed by atoms with Crippen molar-refractivity contribution in [3.8, 4) is 0 Å². The fourth-order valence-electron chi connectivity index (χ4n) is 5.36. The van der Waals surface area contributed by atoms with Crippen LogP contribution in [0, 0.1) is 0 Å². The number of hydrogen-bond acceptors (Lipinski definition) is 5. The molecule has 0 aromatic heterocycles. The van der Waals surface area contributed by atoms with Crippen molar-refractivity contribution < 1.29 is 23.9 Å². The van der Waals surface area contributed by atoms with Gasteiger partial charge in [0.2, 0.25) is 0 Å². The predicted octanol–water partition coefficient (Wildman–Crippen LogP) is 6.28. The van der Waals surface area contributed by atoms with Crippen molar-refractivity contribution in [1.29, 1.82) is 0 Å². The lowest BCUT2D eigenvalue weighted by Gasteiger charge is -2.26. The molecule has 0 saturated heterocycles. The van der Waals surface area contributed by atoms with E-state index in [9.17, 15) is 19.2 Å². The van der Waals surface area contributed by atoms with Crippen LogP contribution in [0.25, 0.3) is 0 Å². The Morgan fingerprint density at radius 3 is 2.19 bits per heavy atom. The van der Waals surface area contributed by atoms with Gasteiger partial charge < -0.3 is 26.0 Å². The summed E-state index contributed by atoms with van der Waals surface area (Å²) >= 11 is 18.9. The van der Waals surface area contributed by atoms with Gasteiger partial charge in [-0.2, -0.15) is 0 Å². The van der Waals surface area contributed by atoms with Crippen LogP contribution in [0.15, 0.2) is 91.0 Å². The van der Waals surface area contributed by atoms with Crippen LogP contribution < -0.4 is 21.3 Å². The maximum atomic E-state index is 13.4. The fraction of sp³-hybridized carbons (Fsp3) is 0.222. The van der Waals surface area contributed by atoms with Crippen molar-refractivity contribution in [3.63, 3.8) is 0 Å². The summed E-state index contributed by atoms with van der Waals surface area (Å²) in [6.07, 6.45) is 2.30. The molecule has 1 aliphatic rings. The molecule has 0 aliphatic heterocycles. The molecule has 4 amide bonds. The zero-order chi connectivity index (χ0) is 34.0. The number of urea groups is 1. The highest BCUT2D eigenvalue weighted by molar-refractivity contribution is 6.40. The Hall–Kier alpha value is -4.57. The summed E-state index contributed by atoms with van der Waals surface area (Å²) in [6, 6.07) is 24.9. The number of halogens is 3. The molecule has 4 N–H and O–H groups in total. The van der Waals surface area contributed by atoms with Crippen molar-refractivity contribution in [3.05, 3.63) is 139 Å². The second-order valence-electron chi connectivity index (χ2n) is 11.3. The van der Waals surface area contributed by atoms with Gasteiger partial charge in [0.1, 0.15) is 12.6 Å². The van der Waals surface area contributed by atoms with Gasteiger partial charge in [-0.3, -0.25) is 9.59 Å². The Bertz CT molecular complexity index is 1780. The Labute approximate surface area is 293 Å². The third-order valence-corrected chi connectivity index (χ3v) is 8.67. The summed E-state index contributed by atoms with van der Waals surface area (Å²) in [4.78, 5) is 52.4. The van der Waals surface area contributed by atoms with Gasteiger partial charge >= 0.3 is 12.0 Å². The normalized spacial score (nSPS) is 14.2. The monoisotopic (exact) mass is 706 g/mol. The largest absolute Gasteiger partial charge is 0.459 e. The Balaban J connectivity index is 1.24. The number of hydrogen-bond donors (Lipinski definition) is 4. The van der Waals surface area contributed by atoms with Crippen molar-refractivity contribution in [2.75, 3.05) is 6.54 Å². The molecule has 4 aromatic carbocycles. The minimum atomic E-state index is -1.29. The summed E-state index contributed by atoms with van der Waals surface area (Å²) in [6.45, 7) is -0.105. The number of carbonyl (C=O) groups excluding carboxylic acids is 4. The quantitative estimate of drug-likeness (QED) is 0.137. The molecule has 0 heterocycles. The van der Waals surface area contributed by atoms with Crippen LogP contribution >= 0.6 is 34.8 Å². The standard InChI is InChI=1S/C36H33Cl3N4O5/c37-27-12-6-9-23(15-27)19-40-33(44)26-17-29(38)32(30(39)18-26)34(45)43-31(35(46)48-21-22-7-2-1-3-8-22)20-41-36(47)42-28-14-13-24-10-4-5-11-25(24)16-28/h1-12,15,17-18,28,31H,13-14,16,19-21H2,(H,40,44)(H,43,45)(H2,41,42,47)/t28-,31+/m1/s1. The average Bonchev–Trinajstić information content (AvgIpc) is 3.08. The molecular formula is C36H33Cl3N4O5. The van der Waals surface area contributed by atoms with Gasteiger partial charge in [0.25, 0.3) is 11.8 Å². The Kier molecular flexibility index (Phi) is 11.9. The number of amides is 4. The van der Waals surface area contributed by atoms with Gasteiger partial charge in [-0.05, 0) is 65.8 Å². The average molecular weight is 708 g/mol. The Morgan fingerprint density at radius 2 is 1.46 bits per heavy atom. The van der Waals surface area contributed by atoms with Crippen molar-refractivity contribution in [1.82, 2.24) is 21.3 Å². The smallest absolute Gasteiger partial charge is 0.330 e. The van der Waals surface area contributed by atoms with E-state index < -0.39 is 29.9 Å². The molecule has 12 heteroatoms. The first-order chi connectivity index (χ1) is 23.2. The molecular weight excluding hydrogens is 675 g/mol. The highest BCUT2D eigenvalue weighted by Gasteiger charge is 2.28. The fourth-order valence-corrected chi connectivity index (χ4v) is 6.23. The summed E-state index contributed by atoms with van der Waals surface area (Å²) in [5.41, 5.74) is 3.97. The van der Waals surface area contributed by atoms with Gasteiger partial charge in [0.15, 0.2) is 0 Å². The lowest BCUT2D eigenvalue weighted by atomic mass is 9.88. The maximum absolute atomic E-state index is 13.4. The molecule has 4 aromatic rings. The van der Waals surface area contributed by atoms with Crippen LogP contribution in [0.3, 0.4) is 0 Å². The molecule has 0 fully saturated rings. The van der Waals surface area contributed by atoms with E-state index in [1.807, 2.05) is 42.5 Å². The number of carbonyl (C=O) groups is 4. The third-order valence-electron chi connectivity index (χ3n) is 7.84. The van der Waals surface area contributed by atoms with Gasteiger partial charge in [-0.15, -0.1) is 0 Å². The van der Waals surface area contributed by atoms with E-state index in [-0.39, 0.29) is 46.9 Å². The molecule has 2 atom stereocenters. The Morgan fingerprint density at radius 1 is 0.771 bits per heavy atom. The van der Waals surface area contributed by atoms with Crippen molar-refractivity contribution in [2.24, 2.45) is 0 Å². The molecule has 5 rings (SSSR count). The van der Waals surface area contributed by atoms with E-state index in [0.717, 1.165) is 24.0 Å². The van der Waals surface area contributed by atoms with Gasteiger partial charge in [0.05, 0.1) is 22.2 Å². The summed E-state index contributed by atoms with van der Waals surface area (Å²) < 4.78 is 5.48.